The van der Waals surface area contributed by atoms with Gasteiger partial charge >= 0.3 is 6.03 Å². The van der Waals surface area contributed by atoms with Gasteiger partial charge in [0.1, 0.15) is 0 Å². The molecule has 31 heavy (non-hydrogen) atoms. The molecule has 2 aromatic rings. The summed E-state index contributed by atoms with van der Waals surface area (Å²) < 4.78 is 18.5. The normalized spacial score (nSPS) is 18.5. The van der Waals surface area contributed by atoms with E-state index in [1.807, 2.05) is 13.8 Å². The van der Waals surface area contributed by atoms with Crippen molar-refractivity contribution < 1.29 is 14.1 Å². The van der Waals surface area contributed by atoms with Crippen LogP contribution in [0.25, 0.3) is 0 Å². The molecule has 4 rings (SSSR count). The number of carbonyl (C=O) groups excluding carboxylic acids is 1. The molecule has 1 atom stereocenters. The van der Waals surface area contributed by atoms with Gasteiger partial charge in [-0.15, -0.1) is 4.36 Å². The molecule has 0 aliphatic heterocycles. The molecule has 0 radical (unpaired) electrons. The van der Waals surface area contributed by atoms with Gasteiger partial charge in [-0.2, -0.15) is 5.10 Å². The Balaban J connectivity index is 1.72. The first-order valence-corrected chi connectivity index (χ1v) is 12.2. The molecule has 0 unspecified atom stereocenters. The fourth-order valence-electron chi connectivity index (χ4n) is 4.46. The van der Waals surface area contributed by atoms with E-state index in [4.69, 9.17) is 10.1 Å². The van der Waals surface area contributed by atoms with Crippen LogP contribution in [0.2, 0.25) is 0 Å². The van der Waals surface area contributed by atoms with Crippen molar-refractivity contribution in [2.24, 2.45) is 9.50 Å². The molecule has 2 amide bonds. The predicted molar refractivity (Wildman–Crippen MR) is 118 cm³/mol. The second kappa shape index (κ2) is 7.68. The number of urea groups is 1. The highest BCUT2D eigenvalue weighted by Crippen LogP contribution is 2.44. The fourth-order valence-corrected chi connectivity index (χ4v) is 5.54. The molecule has 0 saturated heterocycles. The molecular formula is C21H30N6O3S. The van der Waals surface area contributed by atoms with Crippen LogP contribution in [0, 0.1) is 0 Å². The SMILES string of the molecule is CC(C)n1cc(CO)c([S@@](N)(=O)=NC(=O)Nc2c3c(nc4c2CCC4(C)C)CCC3)n1. The monoisotopic (exact) mass is 446 g/mol. The molecule has 0 aromatic carbocycles. The van der Waals surface area contributed by atoms with Crippen molar-refractivity contribution in [2.45, 2.75) is 82.9 Å². The lowest BCUT2D eigenvalue weighted by molar-refractivity contribution is 0.259. The van der Waals surface area contributed by atoms with Crippen molar-refractivity contribution in [3.05, 3.63) is 34.3 Å². The van der Waals surface area contributed by atoms with Crippen LogP contribution in [0.1, 0.15) is 74.7 Å². The summed E-state index contributed by atoms with van der Waals surface area (Å²) in [7, 11) is -3.63. The summed E-state index contributed by atoms with van der Waals surface area (Å²) >= 11 is 0. The zero-order valence-corrected chi connectivity index (χ0v) is 19.3. The number of hydrogen-bond donors (Lipinski definition) is 3. The zero-order chi connectivity index (χ0) is 22.6. The molecule has 0 spiro atoms. The van der Waals surface area contributed by atoms with E-state index in [-0.39, 0.29) is 16.5 Å². The van der Waals surface area contributed by atoms with Crippen molar-refractivity contribution in [3.8, 4) is 0 Å². The number of nitrogens with one attached hydrogen (secondary N) is 1. The molecule has 2 aromatic heterocycles. The van der Waals surface area contributed by atoms with Crippen LogP contribution >= 0.6 is 0 Å². The Bertz CT molecular complexity index is 1170. The lowest BCUT2D eigenvalue weighted by atomic mass is 9.90. The molecule has 9 nitrogen and oxygen atoms in total. The van der Waals surface area contributed by atoms with E-state index < -0.39 is 22.6 Å². The molecule has 0 fully saturated rings. The number of amides is 2. The van der Waals surface area contributed by atoms with Gasteiger partial charge < -0.3 is 10.4 Å². The second-order valence-corrected chi connectivity index (χ2v) is 11.0. The number of aliphatic hydroxyl groups is 1. The van der Waals surface area contributed by atoms with E-state index in [2.05, 4.69) is 28.6 Å². The Morgan fingerprint density at radius 2 is 2.10 bits per heavy atom. The highest BCUT2D eigenvalue weighted by Gasteiger charge is 2.36. The van der Waals surface area contributed by atoms with Gasteiger partial charge in [0.05, 0.1) is 18.0 Å². The average molecular weight is 447 g/mol. The van der Waals surface area contributed by atoms with Crippen LogP contribution in [0.15, 0.2) is 15.6 Å². The van der Waals surface area contributed by atoms with Crippen molar-refractivity contribution >= 4 is 21.6 Å². The third-order valence-corrected chi connectivity index (χ3v) is 7.50. The van der Waals surface area contributed by atoms with Crippen molar-refractivity contribution in [3.63, 3.8) is 0 Å². The number of nitrogens with two attached hydrogens (primary N) is 1. The number of carbonyl (C=O) groups is 1. The topological polar surface area (TPSA) is 135 Å². The van der Waals surface area contributed by atoms with Crippen molar-refractivity contribution in [1.29, 1.82) is 0 Å². The van der Waals surface area contributed by atoms with E-state index in [1.165, 1.54) is 0 Å². The Labute approximate surface area is 182 Å². The van der Waals surface area contributed by atoms with E-state index in [0.29, 0.717) is 5.56 Å². The third kappa shape index (κ3) is 3.88. The maximum absolute atomic E-state index is 13.1. The Hall–Kier alpha value is -2.30. The summed E-state index contributed by atoms with van der Waals surface area (Å²) in [5.74, 6) is 0. The van der Waals surface area contributed by atoms with E-state index in [1.54, 1.807) is 10.9 Å². The number of anilines is 1. The van der Waals surface area contributed by atoms with Crippen LogP contribution in [-0.4, -0.2) is 30.1 Å². The predicted octanol–water partition coefficient (Wildman–Crippen LogP) is 3.00. The number of pyridine rings is 1. The minimum Gasteiger partial charge on any atom is -0.392 e. The summed E-state index contributed by atoms with van der Waals surface area (Å²) in [6, 6.07) is -0.795. The molecule has 2 aliphatic carbocycles. The van der Waals surface area contributed by atoms with E-state index in [0.717, 1.165) is 60.3 Å². The van der Waals surface area contributed by atoms with Gasteiger partial charge in [-0.1, -0.05) is 13.8 Å². The van der Waals surface area contributed by atoms with Gasteiger partial charge in [0.2, 0.25) is 0 Å². The third-order valence-electron chi connectivity index (χ3n) is 6.16. The van der Waals surface area contributed by atoms with Gasteiger partial charge in [0.15, 0.2) is 14.9 Å². The fraction of sp³-hybridized carbons (Fsp3) is 0.571. The van der Waals surface area contributed by atoms with Crippen LogP contribution in [-0.2, 0) is 41.2 Å². The van der Waals surface area contributed by atoms with Crippen LogP contribution in [0.3, 0.4) is 0 Å². The van der Waals surface area contributed by atoms with Crippen molar-refractivity contribution in [2.75, 3.05) is 5.32 Å². The maximum atomic E-state index is 13.1. The van der Waals surface area contributed by atoms with Gasteiger partial charge in [-0.25, -0.2) is 14.1 Å². The summed E-state index contributed by atoms with van der Waals surface area (Å²) in [5.41, 5.74) is 5.13. The standard InChI is InChI=1S/C21H30N6O3S/c1-12(2)27-10-13(11-28)19(25-27)31(22,30)26-20(29)24-17-14-6-5-7-16(14)23-18-15(17)8-9-21(18,3)4/h10,12,28H,5-9,11H2,1-4H3,(H3,22,23,24,26,29,30)/t31-/m0/s1. The first kappa shape index (κ1) is 21.9. The Morgan fingerprint density at radius 3 is 2.77 bits per heavy atom. The minimum atomic E-state index is -3.63. The number of aliphatic hydroxyl groups excluding tert-OH is 1. The quantitative estimate of drug-likeness (QED) is 0.663. The lowest BCUT2D eigenvalue weighted by Gasteiger charge is -2.20. The van der Waals surface area contributed by atoms with E-state index in [9.17, 15) is 14.1 Å². The van der Waals surface area contributed by atoms with Crippen LogP contribution in [0.4, 0.5) is 10.5 Å². The van der Waals surface area contributed by atoms with Crippen molar-refractivity contribution in [1.82, 2.24) is 14.8 Å². The Kier molecular flexibility index (Phi) is 5.43. The largest absolute Gasteiger partial charge is 0.392 e. The second-order valence-electron chi connectivity index (χ2n) is 9.26. The summed E-state index contributed by atoms with van der Waals surface area (Å²) in [4.78, 5) is 17.8. The van der Waals surface area contributed by atoms with Gasteiger partial charge in [-0.3, -0.25) is 9.67 Å². The minimum absolute atomic E-state index is 0.0200. The molecule has 10 heteroatoms. The number of hydrogen-bond acceptors (Lipinski definition) is 5. The average Bonchev–Trinajstić information content (AvgIpc) is 3.39. The number of rotatable bonds is 4. The highest BCUT2D eigenvalue weighted by atomic mass is 32.2. The molecule has 4 N–H and O–H groups in total. The van der Waals surface area contributed by atoms with Gasteiger partial charge in [0, 0.05) is 28.9 Å². The van der Waals surface area contributed by atoms with Crippen LogP contribution < -0.4 is 10.5 Å². The molecular weight excluding hydrogens is 416 g/mol. The molecule has 2 heterocycles. The summed E-state index contributed by atoms with van der Waals surface area (Å²) in [6.07, 6.45) is 6.08. The maximum Gasteiger partial charge on any atom is 0.354 e. The first-order valence-electron chi connectivity index (χ1n) is 10.6. The molecule has 0 saturated carbocycles. The first-order chi connectivity index (χ1) is 14.5. The zero-order valence-electron chi connectivity index (χ0n) is 18.4. The molecule has 2 aliphatic rings. The lowest BCUT2D eigenvalue weighted by Crippen LogP contribution is -2.21. The molecule has 168 valence electrons. The smallest absolute Gasteiger partial charge is 0.354 e. The molecule has 0 bridgehead atoms. The van der Waals surface area contributed by atoms with Gasteiger partial charge in [0.25, 0.3) is 0 Å². The van der Waals surface area contributed by atoms with Gasteiger partial charge in [-0.05, 0) is 57.1 Å². The number of aryl methyl sites for hydroxylation is 1. The van der Waals surface area contributed by atoms with E-state index >= 15 is 0 Å². The highest BCUT2D eigenvalue weighted by molar-refractivity contribution is 7.91. The number of nitrogens with zero attached hydrogens (tertiary/aromatic N) is 4. The number of fused-ring (bicyclic) bond motifs is 2. The number of aromatic nitrogens is 3. The Morgan fingerprint density at radius 1 is 1.35 bits per heavy atom. The summed E-state index contributed by atoms with van der Waals surface area (Å²) in [6.45, 7) is 7.72. The van der Waals surface area contributed by atoms with Crippen LogP contribution in [0.5, 0.6) is 0 Å². The summed E-state index contributed by atoms with van der Waals surface area (Å²) in [5, 5.41) is 22.6.